The molecule has 0 fully saturated rings. The molecule has 4 nitrogen and oxygen atoms in total. The van der Waals surface area contributed by atoms with Crippen molar-refractivity contribution in [3.8, 4) is 6.07 Å². The third kappa shape index (κ3) is 4.09. The predicted molar refractivity (Wildman–Crippen MR) is 90.8 cm³/mol. The van der Waals surface area contributed by atoms with Crippen molar-refractivity contribution < 1.29 is 9.59 Å². The van der Waals surface area contributed by atoms with Gasteiger partial charge in [0.2, 0.25) is 5.78 Å². The van der Waals surface area contributed by atoms with E-state index in [0.29, 0.717) is 11.1 Å². The molecule has 0 saturated carbocycles. The fraction of sp³-hybridized carbons (Fsp3) is 0.0556. The van der Waals surface area contributed by atoms with E-state index in [1.165, 1.54) is 0 Å². The summed E-state index contributed by atoms with van der Waals surface area (Å²) in [6.45, 7) is 0. The molecule has 0 aliphatic carbocycles. The number of Topliss-reactive ketones (excluding diaryl/α,β-unsaturated/α-hetero) is 1. The van der Waals surface area contributed by atoms with E-state index in [0.717, 1.165) is 11.8 Å². The van der Waals surface area contributed by atoms with Crippen molar-refractivity contribution in [2.24, 2.45) is 0 Å². The molecule has 0 spiro atoms. The first-order chi connectivity index (χ1) is 11.2. The van der Waals surface area contributed by atoms with E-state index in [1.54, 1.807) is 60.9 Å². The molecule has 2 aromatic rings. The Morgan fingerprint density at radius 3 is 1.96 bits per heavy atom. The number of nitriles is 1. The number of carbonyl (C=O) groups excluding carboxylic acids is 2. The van der Waals surface area contributed by atoms with E-state index in [1.807, 2.05) is 12.1 Å². The number of ketones is 1. The van der Waals surface area contributed by atoms with Crippen molar-refractivity contribution in [2.45, 2.75) is 0 Å². The van der Waals surface area contributed by atoms with Crippen molar-refractivity contribution in [3.63, 3.8) is 0 Å². The van der Waals surface area contributed by atoms with Crippen molar-refractivity contribution in [1.82, 2.24) is 5.32 Å². The minimum absolute atomic E-state index is 0.0759. The van der Waals surface area contributed by atoms with Crippen LogP contribution in [0.1, 0.15) is 20.7 Å². The number of nitrogens with one attached hydrogen (secondary N) is 1. The maximum atomic E-state index is 12.4. The molecule has 1 N–H and O–H groups in total. The summed E-state index contributed by atoms with van der Waals surface area (Å²) in [5.74, 6) is -0.769. The summed E-state index contributed by atoms with van der Waals surface area (Å²) in [7, 11) is 0. The molecule has 1 amide bonds. The van der Waals surface area contributed by atoms with Crippen molar-refractivity contribution in [1.29, 1.82) is 5.26 Å². The van der Waals surface area contributed by atoms with E-state index >= 15 is 0 Å². The summed E-state index contributed by atoms with van der Waals surface area (Å²) in [6.07, 6.45) is 1.70. The topological polar surface area (TPSA) is 70.0 Å². The summed E-state index contributed by atoms with van der Waals surface area (Å²) >= 11 is 1.15. The molecule has 0 bridgehead atoms. The number of hydrogen-bond acceptors (Lipinski definition) is 4. The summed E-state index contributed by atoms with van der Waals surface area (Å²) in [6, 6.07) is 19.0. The van der Waals surface area contributed by atoms with Crippen molar-refractivity contribution in [2.75, 3.05) is 6.26 Å². The number of thioether (sulfide) groups is 1. The first-order valence-electron chi connectivity index (χ1n) is 6.82. The molecule has 114 valence electrons. The van der Waals surface area contributed by atoms with Gasteiger partial charge in [0.15, 0.2) is 0 Å². The molecule has 5 heteroatoms. The van der Waals surface area contributed by atoms with Gasteiger partial charge in [-0.15, -0.1) is 11.8 Å². The van der Waals surface area contributed by atoms with E-state index in [2.05, 4.69) is 5.32 Å². The minimum Gasteiger partial charge on any atom is -0.315 e. The lowest BCUT2D eigenvalue weighted by Gasteiger charge is -2.10. The quantitative estimate of drug-likeness (QED) is 0.520. The highest BCUT2D eigenvalue weighted by molar-refractivity contribution is 8.02. The summed E-state index contributed by atoms with van der Waals surface area (Å²) in [5.41, 5.74) is 0.793. The molecule has 0 radical (unpaired) electrons. The van der Waals surface area contributed by atoms with Crippen LogP contribution in [0.25, 0.3) is 0 Å². The van der Waals surface area contributed by atoms with Gasteiger partial charge in [-0.2, -0.15) is 5.26 Å². The zero-order chi connectivity index (χ0) is 16.7. The maximum absolute atomic E-state index is 12.4. The van der Waals surface area contributed by atoms with Crippen LogP contribution in [-0.2, 0) is 0 Å². The van der Waals surface area contributed by atoms with Crippen molar-refractivity contribution >= 4 is 23.5 Å². The predicted octanol–water partition coefficient (Wildman–Crippen LogP) is 3.40. The molecular weight excluding hydrogens is 308 g/mol. The number of allylic oxidation sites excluding steroid dienone is 1. The third-order valence-electron chi connectivity index (χ3n) is 3.07. The number of benzene rings is 2. The Balaban J connectivity index is 2.32. The number of nitrogens with zero attached hydrogens (tertiary/aromatic N) is 1. The Morgan fingerprint density at radius 1 is 0.957 bits per heavy atom. The number of rotatable bonds is 5. The van der Waals surface area contributed by atoms with E-state index < -0.39 is 5.78 Å². The smallest absolute Gasteiger partial charge is 0.256 e. The molecule has 0 aliphatic rings. The minimum atomic E-state index is -0.411. The second kappa shape index (κ2) is 7.97. The van der Waals surface area contributed by atoms with Gasteiger partial charge in [-0.05, 0) is 18.4 Å². The third-order valence-corrected chi connectivity index (χ3v) is 3.78. The van der Waals surface area contributed by atoms with Gasteiger partial charge in [-0.3, -0.25) is 9.59 Å². The Hall–Kier alpha value is -2.84. The second-order valence-corrected chi connectivity index (χ2v) is 5.35. The Labute approximate surface area is 138 Å². The average molecular weight is 322 g/mol. The van der Waals surface area contributed by atoms with Crippen molar-refractivity contribution in [3.05, 3.63) is 82.4 Å². The second-order valence-electron chi connectivity index (χ2n) is 4.54. The molecule has 0 unspecified atom stereocenters. The normalized spacial score (nSPS) is 11.1. The van der Waals surface area contributed by atoms with Crippen LogP contribution in [-0.4, -0.2) is 17.9 Å². The molecule has 0 atom stereocenters. The molecule has 0 heterocycles. The average Bonchev–Trinajstić information content (AvgIpc) is 2.62. The van der Waals surface area contributed by atoms with Crippen LogP contribution < -0.4 is 5.32 Å². The van der Waals surface area contributed by atoms with Crippen LogP contribution in [0.4, 0.5) is 0 Å². The number of amides is 1. The molecule has 2 rings (SSSR count). The zero-order valence-corrected chi connectivity index (χ0v) is 13.3. The van der Waals surface area contributed by atoms with Crippen LogP contribution in [0, 0.1) is 11.3 Å². The molecule has 23 heavy (non-hydrogen) atoms. The largest absolute Gasteiger partial charge is 0.315 e. The molecular formula is C18H14N2O2S. The Morgan fingerprint density at radius 2 is 1.48 bits per heavy atom. The standard InChI is InChI=1S/C18H14N2O2S/c1-23-18(20-17(22)14-10-6-3-7-11-14)15(12-19)16(21)13-8-4-2-5-9-13/h2-11H,1H3,(H,20,22)/b18-15-. The highest BCUT2D eigenvalue weighted by Gasteiger charge is 2.19. The lowest BCUT2D eigenvalue weighted by molar-refractivity contribution is 0.0968. The fourth-order valence-electron chi connectivity index (χ4n) is 1.92. The van der Waals surface area contributed by atoms with Crippen LogP contribution >= 0.6 is 11.8 Å². The first-order valence-corrected chi connectivity index (χ1v) is 8.04. The number of hydrogen-bond donors (Lipinski definition) is 1. The fourth-order valence-corrected chi connectivity index (χ4v) is 2.46. The van der Waals surface area contributed by atoms with Crippen LogP contribution in [0.2, 0.25) is 0 Å². The van der Waals surface area contributed by atoms with Gasteiger partial charge in [-0.1, -0.05) is 48.5 Å². The van der Waals surface area contributed by atoms with Gasteiger partial charge < -0.3 is 5.32 Å². The summed E-state index contributed by atoms with van der Waals surface area (Å²) in [5, 5.41) is 12.2. The van der Waals surface area contributed by atoms with Gasteiger partial charge in [0.1, 0.15) is 11.6 Å². The number of carbonyl (C=O) groups is 2. The van der Waals surface area contributed by atoms with Gasteiger partial charge >= 0.3 is 0 Å². The van der Waals surface area contributed by atoms with Gasteiger partial charge in [0, 0.05) is 11.1 Å². The molecule has 0 saturated heterocycles. The first kappa shape index (κ1) is 16.5. The monoisotopic (exact) mass is 322 g/mol. The highest BCUT2D eigenvalue weighted by Crippen LogP contribution is 2.18. The van der Waals surface area contributed by atoms with Crippen LogP contribution in [0.3, 0.4) is 0 Å². The zero-order valence-electron chi connectivity index (χ0n) is 12.4. The van der Waals surface area contributed by atoms with Crippen LogP contribution in [0.5, 0.6) is 0 Å². The van der Waals surface area contributed by atoms with Crippen LogP contribution in [0.15, 0.2) is 71.3 Å². The van der Waals surface area contributed by atoms with E-state index in [9.17, 15) is 14.9 Å². The maximum Gasteiger partial charge on any atom is 0.256 e. The lowest BCUT2D eigenvalue weighted by atomic mass is 10.1. The summed E-state index contributed by atoms with van der Waals surface area (Å²) in [4.78, 5) is 24.7. The lowest BCUT2D eigenvalue weighted by Crippen LogP contribution is -2.24. The summed E-state index contributed by atoms with van der Waals surface area (Å²) < 4.78 is 0. The Bertz CT molecular complexity index is 778. The van der Waals surface area contributed by atoms with Gasteiger partial charge in [0.05, 0.1) is 5.03 Å². The van der Waals surface area contributed by atoms with E-state index in [4.69, 9.17) is 0 Å². The van der Waals surface area contributed by atoms with Gasteiger partial charge in [-0.25, -0.2) is 0 Å². The van der Waals surface area contributed by atoms with Gasteiger partial charge in [0.25, 0.3) is 5.91 Å². The SMILES string of the molecule is CS/C(NC(=O)c1ccccc1)=C(/C#N)C(=O)c1ccccc1. The molecule has 0 aromatic heterocycles. The van der Waals surface area contributed by atoms with E-state index in [-0.39, 0.29) is 16.5 Å². The Kier molecular flexibility index (Phi) is 5.73. The molecule has 2 aromatic carbocycles. The molecule has 0 aliphatic heterocycles. The highest BCUT2D eigenvalue weighted by atomic mass is 32.2.